The van der Waals surface area contributed by atoms with Crippen LogP contribution in [0.25, 0.3) is 0 Å². The summed E-state index contributed by atoms with van der Waals surface area (Å²) >= 11 is 0. The number of aliphatic imine (C=N–C) groups is 1. The largest absolute Gasteiger partial charge is 0.383 e. The molecule has 0 atom stereocenters. The van der Waals surface area contributed by atoms with Crippen LogP contribution in [-0.4, -0.2) is 41.7 Å². The maximum atomic E-state index is 13.7. The number of hydrogen-bond donors (Lipinski definition) is 3. The smallest absolute Gasteiger partial charge is 0.240 e. The van der Waals surface area contributed by atoms with Crippen LogP contribution in [0.2, 0.25) is 0 Å². The minimum absolute atomic E-state index is 0. The molecule has 2 rings (SSSR count). The van der Waals surface area contributed by atoms with E-state index in [2.05, 4.69) is 20.3 Å². The Hall–Kier alpha value is -1.83. The molecule has 11 heteroatoms. The predicted octanol–water partition coefficient (Wildman–Crippen LogP) is 2.37. The number of sulfonamides is 1. The van der Waals surface area contributed by atoms with Crippen molar-refractivity contribution in [2.45, 2.75) is 18.0 Å². The molecule has 0 heterocycles. The van der Waals surface area contributed by atoms with Crippen molar-refractivity contribution in [3.05, 3.63) is 65.2 Å². The third-order valence-electron chi connectivity index (χ3n) is 3.97. The van der Waals surface area contributed by atoms with Gasteiger partial charge in [0, 0.05) is 39.4 Å². The number of nitrogens with one attached hydrogen (secondary N) is 3. The topological polar surface area (TPSA) is 91.8 Å². The van der Waals surface area contributed by atoms with Crippen LogP contribution in [0.3, 0.4) is 0 Å². The number of halogens is 3. The van der Waals surface area contributed by atoms with Gasteiger partial charge in [-0.2, -0.15) is 0 Å². The quantitative estimate of drug-likeness (QED) is 0.192. The number of nitrogens with zero attached hydrogens (tertiary/aromatic N) is 1. The number of rotatable bonds is 9. The first-order valence-electron chi connectivity index (χ1n) is 8.81. The summed E-state index contributed by atoms with van der Waals surface area (Å²) in [5.41, 5.74) is 1.00. The third kappa shape index (κ3) is 8.13. The summed E-state index contributed by atoms with van der Waals surface area (Å²) in [6.07, 6.45) is 0. The fourth-order valence-corrected chi connectivity index (χ4v) is 3.43. The van der Waals surface area contributed by atoms with Gasteiger partial charge in [-0.25, -0.2) is 21.9 Å². The van der Waals surface area contributed by atoms with Crippen LogP contribution in [0.15, 0.2) is 52.4 Å². The van der Waals surface area contributed by atoms with Gasteiger partial charge in [-0.3, -0.25) is 4.99 Å². The van der Waals surface area contributed by atoms with Gasteiger partial charge in [0.15, 0.2) is 5.96 Å². The molecule has 0 aliphatic heterocycles. The predicted molar refractivity (Wildman–Crippen MR) is 122 cm³/mol. The molecule has 30 heavy (non-hydrogen) atoms. The third-order valence-corrected chi connectivity index (χ3v) is 5.45. The van der Waals surface area contributed by atoms with E-state index in [1.54, 1.807) is 19.2 Å². The van der Waals surface area contributed by atoms with Crippen molar-refractivity contribution in [2.24, 2.45) is 4.99 Å². The van der Waals surface area contributed by atoms with Gasteiger partial charge in [-0.15, -0.1) is 24.0 Å². The van der Waals surface area contributed by atoms with E-state index < -0.39 is 21.7 Å². The van der Waals surface area contributed by atoms with E-state index >= 15 is 0 Å². The lowest BCUT2D eigenvalue weighted by Crippen LogP contribution is -2.36. The van der Waals surface area contributed by atoms with Crippen LogP contribution in [0.1, 0.15) is 11.1 Å². The van der Waals surface area contributed by atoms with Crippen LogP contribution in [0, 0.1) is 11.6 Å². The average Bonchev–Trinajstić information content (AvgIpc) is 2.71. The van der Waals surface area contributed by atoms with Crippen molar-refractivity contribution < 1.29 is 21.9 Å². The monoisotopic (exact) mass is 554 g/mol. The number of hydrogen-bond acceptors (Lipinski definition) is 4. The lowest BCUT2D eigenvalue weighted by Gasteiger charge is -2.13. The maximum Gasteiger partial charge on any atom is 0.240 e. The van der Waals surface area contributed by atoms with E-state index in [9.17, 15) is 17.2 Å². The van der Waals surface area contributed by atoms with Crippen molar-refractivity contribution in [2.75, 3.05) is 27.3 Å². The molecule has 0 radical (unpaired) electrons. The molecule has 0 spiro atoms. The highest BCUT2D eigenvalue weighted by molar-refractivity contribution is 14.0. The number of ether oxygens (including phenoxy) is 1. The summed E-state index contributed by atoms with van der Waals surface area (Å²) in [7, 11) is -0.537. The fraction of sp³-hybridized carbons (Fsp3) is 0.316. The Kier molecular flexibility index (Phi) is 11.2. The second kappa shape index (κ2) is 12.8. The Bertz CT molecular complexity index is 941. The first-order chi connectivity index (χ1) is 13.9. The molecular formula is C19H25F2IN4O3S. The summed E-state index contributed by atoms with van der Waals surface area (Å²) in [6.45, 7) is 0.902. The zero-order valence-corrected chi connectivity index (χ0v) is 19.8. The van der Waals surface area contributed by atoms with Crippen LogP contribution < -0.4 is 15.4 Å². The molecule has 0 aliphatic carbocycles. The number of guanidine groups is 1. The highest BCUT2D eigenvalue weighted by Crippen LogP contribution is 2.11. The van der Waals surface area contributed by atoms with E-state index in [1.807, 2.05) is 0 Å². The van der Waals surface area contributed by atoms with Crippen molar-refractivity contribution in [3.8, 4) is 0 Å². The number of methoxy groups -OCH3 is 1. The molecule has 0 fully saturated rings. The molecule has 2 aromatic rings. The van der Waals surface area contributed by atoms with Gasteiger partial charge in [0.25, 0.3) is 0 Å². The molecule has 0 saturated heterocycles. The van der Waals surface area contributed by atoms with E-state index in [1.165, 1.54) is 19.2 Å². The van der Waals surface area contributed by atoms with E-state index in [-0.39, 0.29) is 54.1 Å². The normalized spacial score (nSPS) is 11.7. The second-order valence-corrected chi connectivity index (χ2v) is 7.82. The van der Waals surface area contributed by atoms with Crippen LogP contribution in [0.4, 0.5) is 8.78 Å². The molecule has 0 amide bonds. The first-order valence-corrected chi connectivity index (χ1v) is 10.3. The Balaban J connectivity index is 0.00000450. The van der Waals surface area contributed by atoms with Crippen molar-refractivity contribution in [1.82, 2.24) is 15.4 Å². The zero-order chi connectivity index (χ0) is 21.3. The molecule has 7 nitrogen and oxygen atoms in total. The van der Waals surface area contributed by atoms with Crippen molar-refractivity contribution in [3.63, 3.8) is 0 Å². The van der Waals surface area contributed by atoms with E-state index in [0.717, 1.165) is 23.8 Å². The highest BCUT2D eigenvalue weighted by atomic mass is 127. The summed E-state index contributed by atoms with van der Waals surface area (Å²) < 4.78 is 58.4. The molecule has 2 aromatic carbocycles. The van der Waals surface area contributed by atoms with Crippen LogP contribution >= 0.6 is 24.0 Å². The van der Waals surface area contributed by atoms with E-state index in [0.29, 0.717) is 12.5 Å². The molecular weight excluding hydrogens is 529 g/mol. The second-order valence-electron chi connectivity index (χ2n) is 6.05. The summed E-state index contributed by atoms with van der Waals surface area (Å²) in [5.74, 6) is -0.630. The lowest BCUT2D eigenvalue weighted by atomic mass is 10.2. The number of benzene rings is 2. The maximum absolute atomic E-state index is 13.7. The van der Waals surface area contributed by atoms with Gasteiger partial charge in [-0.1, -0.05) is 12.1 Å². The van der Waals surface area contributed by atoms with E-state index in [4.69, 9.17) is 4.74 Å². The lowest BCUT2D eigenvalue weighted by molar-refractivity contribution is 0.204. The first kappa shape index (κ1) is 26.2. The Morgan fingerprint density at radius 3 is 2.37 bits per heavy atom. The van der Waals surface area contributed by atoms with Gasteiger partial charge in [0.1, 0.15) is 11.6 Å². The average molecular weight is 554 g/mol. The van der Waals surface area contributed by atoms with Gasteiger partial charge < -0.3 is 15.4 Å². The summed E-state index contributed by atoms with van der Waals surface area (Å²) in [4.78, 5) is 4.18. The Morgan fingerprint density at radius 2 is 1.73 bits per heavy atom. The minimum atomic E-state index is -3.58. The minimum Gasteiger partial charge on any atom is -0.383 e. The molecule has 166 valence electrons. The SMILES string of the molecule is CN=C(NCc1ccc(S(=O)(=O)NCCOC)cc1)NCc1cc(F)ccc1F.I. The summed E-state index contributed by atoms with van der Waals surface area (Å²) in [5, 5.41) is 5.93. The van der Waals surface area contributed by atoms with Gasteiger partial charge in [0.05, 0.1) is 11.5 Å². The van der Waals surface area contributed by atoms with Crippen LogP contribution in [-0.2, 0) is 27.8 Å². The van der Waals surface area contributed by atoms with Gasteiger partial charge in [-0.05, 0) is 35.9 Å². The Labute approximate surface area is 192 Å². The van der Waals surface area contributed by atoms with Crippen molar-refractivity contribution >= 4 is 40.0 Å². The standard InChI is InChI=1S/C19H24F2N4O3S.HI/c1-22-19(24-13-15-11-16(20)5-8-18(15)21)23-12-14-3-6-17(7-4-14)29(26,27)25-9-10-28-2;/h3-8,11,25H,9-10,12-13H2,1-2H3,(H2,22,23,24);1H. The molecule has 0 bridgehead atoms. The molecule has 0 unspecified atom stereocenters. The molecule has 0 aromatic heterocycles. The molecule has 0 saturated carbocycles. The van der Waals surface area contributed by atoms with Crippen LogP contribution in [0.5, 0.6) is 0 Å². The Morgan fingerprint density at radius 1 is 1.07 bits per heavy atom. The highest BCUT2D eigenvalue weighted by Gasteiger charge is 2.13. The van der Waals surface area contributed by atoms with Gasteiger partial charge >= 0.3 is 0 Å². The molecule has 0 aliphatic rings. The fourth-order valence-electron chi connectivity index (χ4n) is 2.41. The van der Waals surface area contributed by atoms with Crippen molar-refractivity contribution in [1.29, 1.82) is 0 Å². The van der Waals surface area contributed by atoms with Gasteiger partial charge in [0.2, 0.25) is 10.0 Å². The molecule has 3 N–H and O–H groups in total. The zero-order valence-electron chi connectivity index (χ0n) is 16.6. The summed E-state index contributed by atoms with van der Waals surface area (Å²) in [6, 6.07) is 9.62.